The first-order valence-corrected chi connectivity index (χ1v) is 4.83. The van der Waals surface area contributed by atoms with Crippen LogP contribution in [0, 0.1) is 6.92 Å². The van der Waals surface area contributed by atoms with E-state index in [0.29, 0.717) is 0 Å². The van der Waals surface area contributed by atoms with Gasteiger partial charge < -0.3 is 10.2 Å². The maximum absolute atomic E-state index is 4.12. The molecule has 0 aliphatic heterocycles. The number of nitrogens with one attached hydrogen (secondary N) is 1. The maximum Gasteiger partial charge on any atom is 0.0993 e. The van der Waals surface area contributed by atoms with Crippen molar-refractivity contribution in [1.29, 1.82) is 0 Å². The third-order valence-electron chi connectivity index (χ3n) is 2.18. The van der Waals surface area contributed by atoms with Gasteiger partial charge in [-0.2, -0.15) is 0 Å². The molecule has 0 bridgehead atoms. The van der Waals surface area contributed by atoms with Crippen LogP contribution >= 0.6 is 0 Å². The normalized spacial score (nSPS) is 11.2. The van der Waals surface area contributed by atoms with Crippen LogP contribution in [0.25, 0.3) is 0 Å². The molecule has 0 atom stereocenters. The smallest absolute Gasteiger partial charge is 0.0993 e. The SMILES string of the molecule is CNCc1nnn(CCN(C)C)c1C. The Kier molecular flexibility index (Phi) is 4.03. The highest BCUT2D eigenvalue weighted by molar-refractivity contribution is 5.07. The predicted octanol–water partition coefficient (Wildman–Crippen LogP) is -0.132. The standard InChI is InChI=1S/C9H19N5/c1-8-9(7-10-2)11-12-14(8)6-5-13(3)4/h10H,5-7H2,1-4H3. The first kappa shape index (κ1) is 11.1. The molecule has 5 heteroatoms. The fourth-order valence-corrected chi connectivity index (χ4v) is 1.23. The first-order chi connectivity index (χ1) is 6.65. The van der Waals surface area contributed by atoms with Crippen LogP contribution < -0.4 is 5.32 Å². The molecule has 1 rings (SSSR count). The molecule has 0 fully saturated rings. The molecular formula is C9H19N5. The minimum Gasteiger partial charge on any atom is -0.314 e. The molecule has 1 aromatic rings. The van der Waals surface area contributed by atoms with E-state index in [1.54, 1.807) is 0 Å². The zero-order valence-corrected chi connectivity index (χ0v) is 9.41. The Labute approximate surface area is 85.1 Å². The maximum atomic E-state index is 4.12. The summed E-state index contributed by atoms with van der Waals surface area (Å²) in [6.45, 7) is 4.73. The summed E-state index contributed by atoms with van der Waals surface area (Å²) in [5, 5.41) is 11.3. The van der Waals surface area contributed by atoms with Crippen molar-refractivity contribution >= 4 is 0 Å². The molecule has 5 nitrogen and oxygen atoms in total. The highest BCUT2D eigenvalue weighted by Crippen LogP contribution is 2.02. The van der Waals surface area contributed by atoms with Crippen molar-refractivity contribution < 1.29 is 0 Å². The Balaban J connectivity index is 2.60. The van der Waals surface area contributed by atoms with Crippen molar-refractivity contribution in [2.45, 2.75) is 20.0 Å². The molecule has 0 saturated carbocycles. The van der Waals surface area contributed by atoms with Crippen molar-refractivity contribution in [2.75, 3.05) is 27.7 Å². The molecule has 1 heterocycles. The number of hydrogen-bond acceptors (Lipinski definition) is 4. The molecule has 0 aliphatic carbocycles. The van der Waals surface area contributed by atoms with E-state index in [0.717, 1.165) is 31.0 Å². The van der Waals surface area contributed by atoms with Gasteiger partial charge in [-0.25, -0.2) is 4.68 Å². The summed E-state index contributed by atoms with van der Waals surface area (Å²) in [6, 6.07) is 0. The minimum absolute atomic E-state index is 0.786. The van der Waals surface area contributed by atoms with E-state index in [1.165, 1.54) is 0 Å². The average molecular weight is 197 g/mol. The van der Waals surface area contributed by atoms with Gasteiger partial charge in [-0.1, -0.05) is 5.21 Å². The summed E-state index contributed by atoms with van der Waals surface area (Å²) in [5.41, 5.74) is 2.19. The second-order valence-corrected chi connectivity index (χ2v) is 3.68. The predicted molar refractivity (Wildman–Crippen MR) is 56.1 cm³/mol. The van der Waals surface area contributed by atoms with Crippen molar-refractivity contribution in [1.82, 2.24) is 25.2 Å². The van der Waals surface area contributed by atoms with Gasteiger partial charge in [-0.05, 0) is 28.1 Å². The lowest BCUT2D eigenvalue weighted by molar-refractivity contribution is 0.368. The van der Waals surface area contributed by atoms with E-state index in [4.69, 9.17) is 0 Å². The molecule has 0 unspecified atom stereocenters. The van der Waals surface area contributed by atoms with Crippen LogP contribution in [0.15, 0.2) is 0 Å². The zero-order chi connectivity index (χ0) is 10.6. The average Bonchev–Trinajstić information content (AvgIpc) is 2.46. The van der Waals surface area contributed by atoms with Gasteiger partial charge in [-0.3, -0.25) is 0 Å². The largest absolute Gasteiger partial charge is 0.314 e. The Bertz CT molecular complexity index is 279. The van der Waals surface area contributed by atoms with Crippen molar-refractivity contribution in [3.63, 3.8) is 0 Å². The van der Waals surface area contributed by atoms with E-state index in [1.807, 2.05) is 11.7 Å². The molecule has 1 N–H and O–H groups in total. The fraction of sp³-hybridized carbons (Fsp3) is 0.778. The molecule has 1 aromatic heterocycles. The van der Waals surface area contributed by atoms with E-state index in [-0.39, 0.29) is 0 Å². The molecule has 0 spiro atoms. The topological polar surface area (TPSA) is 46.0 Å². The van der Waals surface area contributed by atoms with Crippen LogP contribution in [-0.4, -0.2) is 47.6 Å². The lowest BCUT2D eigenvalue weighted by Gasteiger charge is -2.09. The highest BCUT2D eigenvalue weighted by atomic mass is 15.4. The van der Waals surface area contributed by atoms with E-state index in [9.17, 15) is 0 Å². The Morgan fingerprint density at radius 3 is 2.71 bits per heavy atom. The summed E-state index contributed by atoms with van der Waals surface area (Å²) in [7, 11) is 6.03. The Hall–Kier alpha value is -0.940. The van der Waals surface area contributed by atoms with Crippen LogP contribution in [0.3, 0.4) is 0 Å². The van der Waals surface area contributed by atoms with Crippen LogP contribution in [0.4, 0.5) is 0 Å². The minimum atomic E-state index is 0.786. The fourth-order valence-electron chi connectivity index (χ4n) is 1.23. The lowest BCUT2D eigenvalue weighted by Crippen LogP contribution is -2.19. The van der Waals surface area contributed by atoms with Gasteiger partial charge in [0, 0.05) is 13.1 Å². The van der Waals surface area contributed by atoms with Crippen molar-refractivity contribution in [3.05, 3.63) is 11.4 Å². The van der Waals surface area contributed by atoms with E-state index in [2.05, 4.69) is 41.5 Å². The van der Waals surface area contributed by atoms with Gasteiger partial charge in [0.2, 0.25) is 0 Å². The summed E-state index contributed by atoms with van der Waals surface area (Å²) >= 11 is 0. The number of aromatic nitrogens is 3. The molecule has 0 radical (unpaired) electrons. The van der Waals surface area contributed by atoms with Crippen molar-refractivity contribution in [3.8, 4) is 0 Å². The van der Waals surface area contributed by atoms with E-state index >= 15 is 0 Å². The molecule has 14 heavy (non-hydrogen) atoms. The van der Waals surface area contributed by atoms with Gasteiger partial charge in [-0.15, -0.1) is 5.10 Å². The van der Waals surface area contributed by atoms with Gasteiger partial charge in [0.15, 0.2) is 0 Å². The van der Waals surface area contributed by atoms with Gasteiger partial charge in [0.25, 0.3) is 0 Å². The summed E-state index contributed by atoms with van der Waals surface area (Å²) in [6.07, 6.45) is 0. The molecule has 0 saturated heterocycles. The van der Waals surface area contributed by atoms with Crippen LogP contribution in [0.5, 0.6) is 0 Å². The van der Waals surface area contributed by atoms with Gasteiger partial charge in [0.1, 0.15) is 0 Å². The number of hydrogen-bond donors (Lipinski definition) is 1. The Morgan fingerprint density at radius 1 is 1.43 bits per heavy atom. The monoisotopic (exact) mass is 197 g/mol. The number of rotatable bonds is 5. The van der Waals surface area contributed by atoms with Crippen LogP contribution in [0.2, 0.25) is 0 Å². The Morgan fingerprint density at radius 2 is 2.14 bits per heavy atom. The lowest BCUT2D eigenvalue weighted by atomic mass is 10.3. The van der Waals surface area contributed by atoms with E-state index < -0.39 is 0 Å². The molecule has 0 aliphatic rings. The van der Waals surface area contributed by atoms with Crippen molar-refractivity contribution in [2.24, 2.45) is 0 Å². The van der Waals surface area contributed by atoms with Crippen LogP contribution in [-0.2, 0) is 13.1 Å². The summed E-state index contributed by atoms with van der Waals surface area (Å²) < 4.78 is 1.95. The summed E-state index contributed by atoms with van der Waals surface area (Å²) in [5.74, 6) is 0. The molecule has 0 amide bonds. The summed E-state index contributed by atoms with van der Waals surface area (Å²) in [4.78, 5) is 2.14. The van der Waals surface area contributed by atoms with Gasteiger partial charge in [0.05, 0.1) is 17.9 Å². The number of likely N-dealkylation sites (N-methyl/N-ethyl adjacent to an activating group) is 1. The van der Waals surface area contributed by atoms with Gasteiger partial charge >= 0.3 is 0 Å². The molecular weight excluding hydrogens is 178 g/mol. The third kappa shape index (κ3) is 2.78. The first-order valence-electron chi connectivity index (χ1n) is 4.83. The van der Waals surface area contributed by atoms with Crippen LogP contribution in [0.1, 0.15) is 11.4 Å². The highest BCUT2D eigenvalue weighted by Gasteiger charge is 2.06. The quantitative estimate of drug-likeness (QED) is 0.714. The number of nitrogens with zero attached hydrogens (tertiary/aromatic N) is 4. The second-order valence-electron chi connectivity index (χ2n) is 3.68. The molecule has 0 aromatic carbocycles. The second kappa shape index (κ2) is 5.07. The molecule has 80 valence electrons. The third-order valence-corrected chi connectivity index (χ3v) is 2.18. The zero-order valence-electron chi connectivity index (χ0n) is 9.41.